The molecule has 0 bridgehead atoms. The molecule has 2 heterocycles. The molecule has 5 nitrogen and oxygen atoms in total. The molecular formula is C13H13ClN4O. The fourth-order valence-corrected chi connectivity index (χ4v) is 2.41. The lowest BCUT2D eigenvalue weighted by atomic mass is 10.1. The molecule has 2 aromatic rings. The molecule has 1 aromatic carbocycles. The van der Waals surface area contributed by atoms with Crippen LogP contribution in [0.3, 0.4) is 0 Å². The summed E-state index contributed by atoms with van der Waals surface area (Å²) in [6, 6.07) is 7.32. The molecule has 0 radical (unpaired) electrons. The minimum absolute atomic E-state index is 0.00469. The molecule has 98 valence electrons. The Hall–Kier alpha value is -1.88. The number of halogens is 1. The van der Waals surface area contributed by atoms with Gasteiger partial charge in [0.2, 0.25) is 11.2 Å². The zero-order valence-corrected chi connectivity index (χ0v) is 10.9. The highest BCUT2D eigenvalue weighted by Crippen LogP contribution is 2.23. The second-order valence-corrected chi connectivity index (χ2v) is 4.83. The standard InChI is InChI=1S/C13H13ClN4O/c14-13-17-9-5-2-1-4-8(9)11(18-13)16-10-6-3-7-15-12(10)19/h1-2,4-5,10H,3,6-7H2,(H,15,19)(H,16,17,18). The lowest BCUT2D eigenvalue weighted by Gasteiger charge is -2.23. The Bertz CT molecular complexity index is 631. The van der Waals surface area contributed by atoms with Crippen molar-refractivity contribution in [2.24, 2.45) is 0 Å². The minimum atomic E-state index is -0.261. The molecular weight excluding hydrogens is 264 g/mol. The number of piperidine rings is 1. The van der Waals surface area contributed by atoms with Gasteiger partial charge in [0.05, 0.1) is 5.52 Å². The number of hydrogen-bond acceptors (Lipinski definition) is 4. The average Bonchev–Trinajstić information content (AvgIpc) is 2.41. The van der Waals surface area contributed by atoms with Crippen LogP contribution in [0.4, 0.5) is 5.82 Å². The van der Waals surface area contributed by atoms with Crippen LogP contribution >= 0.6 is 11.6 Å². The Kier molecular flexibility index (Phi) is 3.21. The molecule has 1 fully saturated rings. The van der Waals surface area contributed by atoms with Crippen LogP contribution in [0.2, 0.25) is 5.28 Å². The van der Waals surface area contributed by atoms with Crippen LogP contribution in [0.1, 0.15) is 12.8 Å². The summed E-state index contributed by atoms with van der Waals surface area (Å²) in [4.78, 5) is 20.1. The third-order valence-corrected chi connectivity index (χ3v) is 3.34. The van der Waals surface area contributed by atoms with Gasteiger partial charge in [-0.3, -0.25) is 4.79 Å². The van der Waals surface area contributed by atoms with E-state index in [0.717, 1.165) is 30.3 Å². The molecule has 0 saturated carbocycles. The molecule has 1 atom stereocenters. The van der Waals surface area contributed by atoms with Gasteiger partial charge in [-0.2, -0.15) is 0 Å². The molecule has 3 rings (SSSR count). The summed E-state index contributed by atoms with van der Waals surface area (Å²) in [5, 5.41) is 7.05. The van der Waals surface area contributed by atoms with E-state index in [1.807, 2.05) is 24.3 Å². The fraction of sp³-hybridized carbons (Fsp3) is 0.308. The first-order valence-electron chi connectivity index (χ1n) is 6.20. The van der Waals surface area contributed by atoms with E-state index < -0.39 is 0 Å². The quantitative estimate of drug-likeness (QED) is 0.823. The molecule has 19 heavy (non-hydrogen) atoms. The van der Waals surface area contributed by atoms with Gasteiger partial charge in [0.15, 0.2) is 0 Å². The highest BCUT2D eigenvalue weighted by molar-refractivity contribution is 6.28. The van der Waals surface area contributed by atoms with Crippen LogP contribution in [0.25, 0.3) is 10.9 Å². The SMILES string of the molecule is O=C1NCCCC1Nc1nc(Cl)nc2ccccc12. The van der Waals surface area contributed by atoms with E-state index in [2.05, 4.69) is 20.6 Å². The summed E-state index contributed by atoms with van der Waals surface area (Å²) in [7, 11) is 0. The van der Waals surface area contributed by atoms with Crippen LogP contribution in [-0.2, 0) is 4.79 Å². The Balaban J connectivity index is 1.97. The zero-order valence-electron chi connectivity index (χ0n) is 10.2. The average molecular weight is 277 g/mol. The van der Waals surface area contributed by atoms with Gasteiger partial charge in [-0.05, 0) is 36.6 Å². The number of anilines is 1. The summed E-state index contributed by atoms with van der Waals surface area (Å²) in [5.74, 6) is 0.614. The van der Waals surface area contributed by atoms with Gasteiger partial charge < -0.3 is 10.6 Å². The van der Waals surface area contributed by atoms with Crippen molar-refractivity contribution in [2.45, 2.75) is 18.9 Å². The van der Waals surface area contributed by atoms with E-state index in [1.165, 1.54) is 0 Å². The Morgan fingerprint density at radius 1 is 1.32 bits per heavy atom. The van der Waals surface area contributed by atoms with Gasteiger partial charge >= 0.3 is 0 Å². The minimum Gasteiger partial charge on any atom is -0.358 e. The highest BCUT2D eigenvalue weighted by Gasteiger charge is 2.22. The monoisotopic (exact) mass is 276 g/mol. The van der Waals surface area contributed by atoms with Gasteiger partial charge in [0.25, 0.3) is 0 Å². The van der Waals surface area contributed by atoms with Gasteiger partial charge in [-0.15, -0.1) is 0 Å². The molecule has 2 N–H and O–H groups in total. The summed E-state index contributed by atoms with van der Waals surface area (Å²) in [5.41, 5.74) is 0.765. The number of rotatable bonds is 2. The maximum Gasteiger partial charge on any atom is 0.242 e. The van der Waals surface area contributed by atoms with Crippen LogP contribution < -0.4 is 10.6 Å². The van der Waals surface area contributed by atoms with Crippen LogP contribution in [0, 0.1) is 0 Å². The van der Waals surface area contributed by atoms with Crippen molar-refractivity contribution in [1.29, 1.82) is 0 Å². The lowest BCUT2D eigenvalue weighted by molar-refractivity contribution is -0.123. The second-order valence-electron chi connectivity index (χ2n) is 4.49. The molecule has 1 unspecified atom stereocenters. The third-order valence-electron chi connectivity index (χ3n) is 3.17. The number of carbonyl (C=O) groups is 1. The van der Waals surface area contributed by atoms with E-state index in [0.29, 0.717) is 5.82 Å². The number of benzene rings is 1. The Labute approximate surface area is 115 Å². The number of aromatic nitrogens is 2. The van der Waals surface area contributed by atoms with Crippen molar-refractivity contribution < 1.29 is 4.79 Å². The van der Waals surface area contributed by atoms with Gasteiger partial charge in [-0.25, -0.2) is 9.97 Å². The van der Waals surface area contributed by atoms with E-state index in [1.54, 1.807) is 0 Å². The predicted molar refractivity (Wildman–Crippen MR) is 74.2 cm³/mol. The number of amides is 1. The van der Waals surface area contributed by atoms with Gasteiger partial charge in [0.1, 0.15) is 11.9 Å². The summed E-state index contributed by atoms with van der Waals surface area (Å²) in [6.07, 6.45) is 1.75. The summed E-state index contributed by atoms with van der Waals surface area (Å²) >= 11 is 5.92. The maximum atomic E-state index is 11.8. The van der Waals surface area contributed by atoms with E-state index in [9.17, 15) is 4.79 Å². The molecule has 1 aliphatic heterocycles. The van der Waals surface area contributed by atoms with Crippen molar-refractivity contribution in [3.8, 4) is 0 Å². The van der Waals surface area contributed by atoms with Gasteiger partial charge in [0, 0.05) is 11.9 Å². The largest absolute Gasteiger partial charge is 0.358 e. The van der Waals surface area contributed by atoms with Crippen LogP contribution in [-0.4, -0.2) is 28.5 Å². The van der Waals surface area contributed by atoms with Crippen LogP contribution in [0.5, 0.6) is 0 Å². The summed E-state index contributed by atoms with van der Waals surface area (Å²) in [6.45, 7) is 0.738. The van der Waals surface area contributed by atoms with Crippen molar-refractivity contribution in [1.82, 2.24) is 15.3 Å². The first-order valence-corrected chi connectivity index (χ1v) is 6.58. The Morgan fingerprint density at radius 2 is 2.16 bits per heavy atom. The second kappa shape index (κ2) is 5.01. The lowest BCUT2D eigenvalue weighted by Crippen LogP contribution is -2.44. The topological polar surface area (TPSA) is 66.9 Å². The van der Waals surface area contributed by atoms with Crippen molar-refractivity contribution in [3.05, 3.63) is 29.5 Å². The van der Waals surface area contributed by atoms with Crippen molar-refractivity contribution >= 4 is 34.2 Å². The maximum absolute atomic E-state index is 11.8. The number of hydrogen-bond donors (Lipinski definition) is 2. The number of nitrogens with zero attached hydrogens (tertiary/aromatic N) is 2. The third kappa shape index (κ3) is 2.46. The van der Waals surface area contributed by atoms with E-state index in [4.69, 9.17) is 11.6 Å². The number of para-hydroxylation sites is 1. The first kappa shape index (κ1) is 12.2. The molecule has 0 spiro atoms. The van der Waals surface area contributed by atoms with E-state index >= 15 is 0 Å². The Morgan fingerprint density at radius 3 is 3.00 bits per heavy atom. The van der Waals surface area contributed by atoms with Gasteiger partial charge in [-0.1, -0.05) is 12.1 Å². The molecule has 0 aliphatic carbocycles. The number of nitrogens with one attached hydrogen (secondary N) is 2. The van der Waals surface area contributed by atoms with Crippen molar-refractivity contribution in [3.63, 3.8) is 0 Å². The fourth-order valence-electron chi connectivity index (χ4n) is 2.23. The zero-order chi connectivity index (χ0) is 13.2. The molecule has 6 heteroatoms. The number of fused-ring (bicyclic) bond motifs is 1. The molecule has 1 aromatic heterocycles. The van der Waals surface area contributed by atoms with Crippen molar-refractivity contribution in [2.75, 3.05) is 11.9 Å². The smallest absolute Gasteiger partial charge is 0.242 e. The predicted octanol–water partition coefficient (Wildman–Crippen LogP) is 1.97. The molecule has 1 aliphatic rings. The van der Waals surface area contributed by atoms with E-state index in [-0.39, 0.29) is 17.2 Å². The first-order chi connectivity index (χ1) is 9.24. The molecule has 1 saturated heterocycles. The highest BCUT2D eigenvalue weighted by atomic mass is 35.5. The normalized spacial score (nSPS) is 19.2. The molecule has 1 amide bonds. The number of carbonyl (C=O) groups excluding carboxylic acids is 1. The summed E-state index contributed by atoms with van der Waals surface area (Å²) < 4.78 is 0. The van der Waals surface area contributed by atoms with Crippen LogP contribution in [0.15, 0.2) is 24.3 Å².